The lowest BCUT2D eigenvalue weighted by molar-refractivity contribution is -0.149. The largest absolute Gasteiger partial charge is 0.369 e. The van der Waals surface area contributed by atoms with Crippen LogP contribution in [0.1, 0.15) is 6.92 Å². The lowest BCUT2D eigenvalue weighted by Crippen LogP contribution is -2.17. The van der Waals surface area contributed by atoms with Gasteiger partial charge >= 0.3 is 5.97 Å². The first-order valence-electron chi connectivity index (χ1n) is 2.43. The van der Waals surface area contributed by atoms with Gasteiger partial charge in [-0.2, -0.15) is 0 Å². The highest BCUT2D eigenvalue weighted by atomic mass is 16.4. The fourth-order valence-corrected chi connectivity index (χ4v) is 0.428. The van der Waals surface area contributed by atoms with E-state index in [0.29, 0.717) is 0 Å². The molecule has 0 aromatic rings. The van der Waals surface area contributed by atoms with Gasteiger partial charge in [0.2, 0.25) is 0 Å². The molecule has 0 aliphatic carbocycles. The van der Waals surface area contributed by atoms with Crippen LogP contribution in [-0.4, -0.2) is 11.8 Å². The van der Waals surface area contributed by atoms with Crippen LogP contribution in [0.2, 0.25) is 0 Å². The number of Topliss-reactive ketones (excluding diaryl/α,β-unsaturated/α-hetero) is 1. The van der Waals surface area contributed by atoms with Crippen molar-refractivity contribution in [2.75, 3.05) is 0 Å². The Kier molecular flexibility index (Phi) is 2.64. The van der Waals surface area contributed by atoms with Crippen LogP contribution in [0.3, 0.4) is 0 Å². The highest BCUT2D eigenvalue weighted by molar-refractivity contribution is 5.98. The van der Waals surface area contributed by atoms with Gasteiger partial charge in [-0.1, -0.05) is 6.08 Å². The molecule has 0 bridgehead atoms. The van der Waals surface area contributed by atoms with Crippen LogP contribution in [0.5, 0.6) is 0 Å². The van der Waals surface area contributed by atoms with Gasteiger partial charge in [0, 0.05) is 0 Å². The van der Waals surface area contributed by atoms with Crippen molar-refractivity contribution in [2.45, 2.75) is 6.92 Å². The number of carbonyl (C=O) groups is 2. The SMILES string of the molecule is C=CC(C(C)=O)C([O])=O. The monoisotopic (exact) mass is 127 g/mol. The third-order valence-corrected chi connectivity index (χ3v) is 0.928. The maximum absolute atomic E-state index is 10.3. The van der Waals surface area contributed by atoms with Crippen LogP contribution in [0.4, 0.5) is 0 Å². The molecule has 0 aromatic heterocycles. The Balaban J connectivity index is 4.16. The van der Waals surface area contributed by atoms with E-state index in [0.717, 1.165) is 6.08 Å². The Hall–Kier alpha value is -1.12. The van der Waals surface area contributed by atoms with Crippen molar-refractivity contribution in [3.8, 4) is 0 Å². The molecule has 1 radical (unpaired) electrons. The summed E-state index contributed by atoms with van der Waals surface area (Å²) < 4.78 is 0. The van der Waals surface area contributed by atoms with Crippen molar-refractivity contribution in [1.82, 2.24) is 0 Å². The molecule has 3 heteroatoms. The van der Waals surface area contributed by atoms with E-state index in [1.807, 2.05) is 0 Å². The molecule has 49 valence electrons. The van der Waals surface area contributed by atoms with E-state index in [9.17, 15) is 14.7 Å². The summed E-state index contributed by atoms with van der Waals surface area (Å²) in [4.78, 5) is 20.3. The molecule has 9 heavy (non-hydrogen) atoms. The molecule has 0 rings (SSSR count). The standard InChI is InChI=1S/C6H7O3/c1-3-5(4(2)7)6(8)9/h3,5H,1H2,2H3. The number of hydrogen-bond donors (Lipinski definition) is 0. The van der Waals surface area contributed by atoms with E-state index in [-0.39, 0.29) is 0 Å². The molecule has 0 heterocycles. The van der Waals surface area contributed by atoms with E-state index < -0.39 is 17.7 Å². The molecule has 0 aromatic carbocycles. The van der Waals surface area contributed by atoms with E-state index >= 15 is 0 Å². The Morgan fingerprint density at radius 2 is 2.00 bits per heavy atom. The van der Waals surface area contributed by atoms with Gasteiger partial charge in [0.25, 0.3) is 0 Å². The van der Waals surface area contributed by atoms with Crippen LogP contribution < -0.4 is 0 Å². The van der Waals surface area contributed by atoms with Gasteiger partial charge in [0.05, 0.1) is 0 Å². The zero-order chi connectivity index (χ0) is 7.44. The minimum absolute atomic E-state index is 0.454. The van der Waals surface area contributed by atoms with Gasteiger partial charge < -0.3 is 0 Å². The minimum atomic E-state index is -1.39. The van der Waals surface area contributed by atoms with E-state index in [2.05, 4.69) is 6.58 Å². The van der Waals surface area contributed by atoms with Crippen molar-refractivity contribution in [3.05, 3.63) is 12.7 Å². The Morgan fingerprint density at radius 1 is 1.56 bits per heavy atom. The summed E-state index contributed by atoms with van der Waals surface area (Å²) in [5.74, 6) is -2.99. The molecule has 3 nitrogen and oxygen atoms in total. The van der Waals surface area contributed by atoms with Crippen molar-refractivity contribution in [1.29, 1.82) is 0 Å². The second-order valence-electron chi connectivity index (χ2n) is 1.64. The highest BCUT2D eigenvalue weighted by Gasteiger charge is 2.19. The fourth-order valence-electron chi connectivity index (χ4n) is 0.428. The predicted octanol–water partition coefficient (Wildman–Crippen LogP) is 0.335. The van der Waals surface area contributed by atoms with Crippen LogP contribution in [0.15, 0.2) is 12.7 Å². The lowest BCUT2D eigenvalue weighted by Gasteiger charge is -1.95. The summed E-state index contributed by atoms with van der Waals surface area (Å²) in [5.41, 5.74) is 0. The molecule has 1 unspecified atom stereocenters. The molecule has 0 saturated carbocycles. The summed E-state index contributed by atoms with van der Waals surface area (Å²) in [6, 6.07) is 0. The fraction of sp³-hybridized carbons (Fsp3) is 0.333. The zero-order valence-corrected chi connectivity index (χ0v) is 5.09. The topological polar surface area (TPSA) is 54.0 Å². The van der Waals surface area contributed by atoms with Crippen LogP contribution in [0, 0.1) is 5.92 Å². The quantitative estimate of drug-likeness (QED) is 0.405. The van der Waals surface area contributed by atoms with Gasteiger partial charge in [-0.05, 0) is 6.92 Å². The molecule has 0 amide bonds. The summed E-state index contributed by atoms with van der Waals surface area (Å²) >= 11 is 0. The van der Waals surface area contributed by atoms with Crippen molar-refractivity contribution in [2.24, 2.45) is 5.92 Å². The van der Waals surface area contributed by atoms with E-state index in [4.69, 9.17) is 0 Å². The van der Waals surface area contributed by atoms with Crippen molar-refractivity contribution in [3.63, 3.8) is 0 Å². The smallest absolute Gasteiger partial charge is 0.299 e. The first kappa shape index (κ1) is 7.88. The van der Waals surface area contributed by atoms with Crippen LogP contribution >= 0.6 is 0 Å². The molecular formula is C6H7O3. The van der Waals surface area contributed by atoms with Gasteiger partial charge in [0.1, 0.15) is 11.7 Å². The second kappa shape index (κ2) is 3.02. The molecule has 0 N–H and O–H groups in total. The molecule has 0 aliphatic heterocycles. The number of hydrogen-bond acceptors (Lipinski definition) is 2. The summed E-state index contributed by atoms with van der Waals surface area (Å²) in [5, 5.41) is 9.97. The van der Waals surface area contributed by atoms with Gasteiger partial charge in [-0.25, -0.2) is 9.90 Å². The molecule has 1 atom stereocenters. The van der Waals surface area contributed by atoms with Crippen molar-refractivity contribution >= 4 is 11.8 Å². The van der Waals surface area contributed by atoms with Crippen LogP contribution in [-0.2, 0) is 14.7 Å². The lowest BCUT2D eigenvalue weighted by atomic mass is 10.1. The zero-order valence-electron chi connectivity index (χ0n) is 5.09. The number of carbonyl (C=O) groups excluding carboxylic acids is 2. The number of rotatable bonds is 3. The first-order valence-corrected chi connectivity index (χ1v) is 2.43. The Labute approximate surface area is 53.0 Å². The van der Waals surface area contributed by atoms with Crippen LogP contribution in [0.25, 0.3) is 0 Å². The summed E-state index contributed by atoms with van der Waals surface area (Å²) in [6.45, 7) is 4.34. The van der Waals surface area contributed by atoms with E-state index in [1.165, 1.54) is 6.92 Å². The molecular weight excluding hydrogens is 120 g/mol. The molecule has 0 saturated heterocycles. The van der Waals surface area contributed by atoms with Gasteiger partial charge in [-0.15, -0.1) is 6.58 Å². The average Bonchev–Trinajstić information content (AvgIpc) is 1.64. The van der Waals surface area contributed by atoms with Gasteiger partial charge in [-0.3, -0.25) is 4.79 Å². The second-order valence-corrected chi connectivity index (χ2v) is 1.64. The molecule has 0 aliphatic rings. The minimum Gasteiger partial charge on any atom is -0.299 e. The molecule has 0 spiro atoms. The number of ketones is 1. The van der Waals surface area contributed by atoms with E-state index in [1.54, 1.807) is 0 Å². The average molecular weight is 127 g/mol. The normalized spacial score (nSPS) is 12.1. The third-order valence-electron chi connectivity index (χ3n) is 0.928. The molecule has 0 fully saturated rings. The summed E-state index contributed by atoms with van der Waals surface area (Å²) in [7, 11) is 0. The maximum atomic E-state index is 10.3. The van der Waals surface area contributed by atoms with Gasteiger partial charge in [0.15, 0.2) is 0 Å². The Bertz CT molecular complexity index is 134. The van der Waals surface area contributed by atoms with Crippen molar-refractivity contribution < 1.29 is 14.7 Å². The predicted molar refractivity (Wildman–Crippen MR) is 30.1 cm³/mol. The highest BCUT2D eigenvalue weighted by Crippen LogP contribution is 1.98. The Morgan fingerprint density at radius 3 is 2.00 bits per heavy atom. The summed E-state index contributed by atoms with van der Waals surface area (Å²) in [6.07, 6.45) is 1.05. The maximum Gasteiger partial charge on any atom is 0.369 e. The first-order chi connectivity index (χ1) is 4.09. The third kappa shape index (κ3) is 2.08.